The second-order valence-electron chi connectivity index (χ2n) is 17.1. The number of rotatable bonds is 8. The maximum atomic E-state index is 12.5. The molecule has 0 radical (unpaired) electrons. The average Bonchev–Trinajstić information content (AvgIpc) is 3.48. The molecule has 0 unspecified atom stereocenters. The first-order valence-corrected chi connectivity index (χ1v) is 24.2. The Balaban J connectivity index is 0.000000124. The molecular formula is C64H52N4O8. The minimum atomic E-state index is -0.146. The fourth-order valence-electron chi connectivity index (χ4n) is 8.95. The van der Waals surface area contributed by atoms with Crippen molar-refractivity contribution >= 4 is 43.6 Å². The molecule has 12 aromatic rings. The third-order valence-corrected chi connectivity index (χ3v) is 12.6. The molecule has 0 aliphatic carbocycles. The van der Waals surface area contributed by atoms with Crippen LogP contribution in [0.1, 0.15) is 0 Å². The molecule has 0 amide bonds. The maximum Gasteiger partial charge on any atom is 0.291 e. The average molecular weight is 1010 g/mol. The molecule has 0 atom stereocenters. The van der Waals surface area contributed by atoms with E-state index >= 15 is 0 Å². The lowest BCUT2D eigenvalue weighted by Crippen LogP contribution is -2.26. The van der Waals surface area contributed by atoms with Crippen LogP contribution >= 0.6 is 0 Å². The van der Waals surface area contributed by atoms with Gasteiger partial charge in [-0.15, -0.1) is 18.9 Å². The van der Waals surface area contributed by atoms with Crippen molar-refractivity contribution < 1.29 is 19.4 Å². The molecule has 0 saturated heterocycles. The monoisotopic (exact) mass is 1000 g/mol. The predicted octanol–water partition coefficient (Wildman–Crippen LogP) is 10.9. The molecule has 0 fully saturated rings. The first-order chi connectivity index (χ1) is 37.2. The second kappa shape index (κ2) is 23.6. The number of fused-ring (bicyclic) bond motifs is 4. The first kappa shape index (κ1) is 50.7. The van der Waals surface area contributed by atoms with Gasteiger partial charge in [0.15, 0.2) is 0 Å². The summed E-state index contributed by atoms with van der Waals surface area (Å²) in [7, 11) is 6.01. The molecule has 12 rings (SSSR count). The molecule has 0 saturated carbocycles. The molecule has 12 nitrogen and oxygen atoms in total. The van der Waals surface area contributed by atoms with Gasteiger partial charge in [-0.25, -0.2) is 0 Å². The van der Waals surface area contributed by atoms with Gasteiger partial charge < -0.3 is 19.4 Å². The van der Waals surface area contributed by atoms with Crippen molar-refractivity contribution in [1.29, 1.82) is 0 Å². The van der Waals surface area contributed by atoms with Crippen LogP contribution in [0.25, 0.3) is 88.1 Å². The molecule has 8 aromatic carbocycles. The Kier molecular flexibility index (Phi) is 15.7. The van der Waals surface area contributed by atoms with Crippen molar-refractivity contribution in [2.45, 2.75) is 0 Å². The lowest BCUT2D eigenvalue weighted by molar-refractivity contribution is 0.169. The summed E-state index contributed by atoms with van der Waals surface area (Å²) in [6.45, 7) is 0. The molecule has 376 valence electrons. The lowest BCUT2D eigenvalue weighted by atomic mass is 10.1. The van der Waals surface area contributed by atoms with Gasteiger partial charge >= 0.3 is 0 Å². The largest absolute Gasteiger partial charge is 0.413 e. The molecule has 0 aliphatic rings. The van der Waals surface area contributed by atoms with E-state index in [0.29, 0.717) is 22.3 Å². The van der Waals surface area contributed by atoms with Gasteiger partial charge in [-0.2, -0.15) is 0 Å². The van der Waals surface area contributed by atoms with Gasteiger partial charge in [0.25, 0.3) is 22.2 Å². The second-order valence-corrected chi connectivity index (χ2v) is 17.1. The SMILES string of the molecule is COn1c(=O)c(-c2ccccc2)cc2ccccc21.COn1c(=O)c(-c2ccccc2)cc2ccccc21.COn1c(=O)c(-c2ccccc2)cc2ccccc21.COn1c(=O)c(-c2ccccc2)cc2ccccc21. The van der Waals surface area contributed by atoms with Gasteiger partial charge in [0.1, 0.15) is 28.4 Å². The van der Waals surface area contributed by atoms with Crippen molar-refractivity contribution in [2.24, 2.45) is 0 Å². The number of aromatic nitrogens is 4. The van der Waals surface area contributed by atoms with Crippen LogP contribution in [0.2, 0.25) is 0 Å². The van der Waals surface area contributed by atoms with E-state index in [0.717, 1.165) is 65.9 Å². The van der Waals surface area contributed by atoms with Crippen LogP contribution in [-0.2, 0) is 0 Å². The fourth-order valence-corrected chi connectivity index (χ4v) is 8.95. The van der Waals surface area contributed by atoms with E-state index in [1.165, 1.54) is 47.4 Å². The number of para-hydroxylation sites is 4. The van der Waals surface area contributed by atoms with E-state index in [1.54, 1.807) is 0 Å². The van der Waals surface area contributed by atoms with Crippen molar-refractivity contribution in [2.75, 3.05) is 28.4 Å². The van der Waals surface area contributed by atoms with Crippen LogP contribution in [0, 0.1) is 0 Å². The Morgan fingerprint density at radius 2 is 0.408 bits per heavy atom. The smallest absolute Gasteiger partial charge is 0.291 e. The Morgan fingerprint density at radius 1 is 0.237 bits per heavy atom. The molecule has 0 N–H and O–H groups in total. The zero-order valence-corrected chi connectivity index (χ0v) is 42.1. The van der Waals surface area contributed by atoms with Gasteiger partial charge in [0, 0.05) is 21.5 Å². The Bertz CT molecular complexity index is 3650. The molecule has 4 aromatic heterocycles. The third-order valence-electron chi connectivity index (χ3n) is 12.6. The fraction of sp³-hybridized carbons (Fsp3) is 0.0625. The van der Waals surface area contributed by atoms with Crippen molar-refractivity contribution in [3.05, 3.63) is 284 Å². The summed E-state index contributed by atoms with van der Waals surface area (Å²) in [5.74, 6) is 0. The highest BCUT2D eigenvalue weighted by Gasteiger charge is 2.14. The Morgan fingerprint density at radius 3 is 0.592 bits per heavy atom. The highest BCUT2D eigenvalue weighted by molar-refractivity contribution is 5.87. The van der Waals surface area contributed by atoms with Crippen LogP contribution in [0.5, 0.6) is 0 Å². The normalized spacial score (nSPS) is 10.6. The lowest BCUT2D eigenvalue weighted by Gasteiger charge is -2.11. The molecule has 0 aliphatic heterocycles. The van der Waals surface area contributed by atoms with E-state index in [1.807, 2.05) is 243 Å². The van der Waals surface area contributed by atoms with Crippen molar-refractivity contribution in [3.8, 4) is 44.5 Å². The topological polar surface area (TPSA) is 125 Å². The number of pyridine rings is 4. The van der Waals surface area contributed by atoms with Crippen LogP contribution in [0.3, 0.4) is 0 Å². The summed E-state index contributed by atoms with van der Waals surface area (Å²) in [6.07, 6.45) is 0. The minimum Gasteiger partial charge on any atom is -0.413 e. The van der Waals surface area contributed by atoms with E-state index < -0.39 is 0 Å². The molecular weight excluding hydrogens is 953 g/mol. The summed E-state index contributed by atoms with van der Waals surface area (Å²) in [5.41, 5.74) is 8.64. The van der Waals surface area contributed by atoms with E-state index in [-0.39, 0.29) is 22.2 Å². The number of hydrogen-bond acceptors (Lipinski definition) is 8. The molecule has 76 heavy (non-hydrogen) atoms. The van der Waals surface area contributed by atoms with Crippen LogP contribution in [-0.4, -0.2) is 47.4 Å². The summed E-state index contributed by atoms with van der Waals surface area (Å²) >= 11 is 0. The summed E-state index contributed by atoms with van der Waals surface area (Å²) in [5, 5.41) is 3.90. The maximum absolute atomic E-state index is 12.5. The van der Waals surface area contributed by atoms with E-state index in [4.69, 9.17) is 19.4 Å². The first-order valence-electron chi connectivity index (χ1n) is 24.2. The summed E-state index contributed by atoms with van der Waals surface area (Å²) in [6, 6.07) is 76.8. The van der Waals surface area contributed by atoms with Crippen LogP contribution < -0.4 is 41.6 Å². The van der Waals surface area contributed by atoms with Crippen molar-refractivity contribution in [3.63, 3.8) is 0 Å². The van der Waals surface area contributed by atoms with Gasteiger partial charge in [-0.05, 0) is 70.8 Å². The highest BCUT2D eigenvalue weighted by atomic mass is 16.7. The number of nitrogens with zero attached hydrogens (tertiary/aromatic N) is 4. The van der Waals surface area contributed by atoms with Gasteiger partial charge in [-0.3, -0.25) is 19.2 Å². The standard InChI is InChI=1S/4C16H13NO2/c4*1-19-17-15-10-6-5-9-13(15)11-14(16(17)18)12-7-3-2-4-8-12/h4*2-11H,1H3. The minimum absolute atomic E-state index is 0.146. The van der Waals surface area contributed by atoms with E-state index in [9.17, 15) is 19.2 Å². The van der Waals surface area contributed by atoms with Crippen LogP contribution in [0.15, 0.2) is 262 Å². The van der Waals surface area contributed by atoms with Crippen molar-refractivity contribution in [1.82, 2.24) is 18.9 Å². The van der Waals surface area contributed by atoms with Gasteiger partial charge in [-0.1, -0.05) is 194 Å². The summed E-state index contributed by atoms with van der Waals surface area (Å²) < 4.78 is 5.32. The molecule has 4 heterocycles. The van der Waals surface area contributed by atoms with E-state index in [2.05, 4.69) is 0 Å². The number of hydrogen-bond donors (Lipinski definition) is 0. The predicted molar refractivity (Wildman–Crippen MR) is 305 cm³/mol. The zero-order valence-electron chi connectivity index (χ0n) is 42.1. The zero-order chi connectivity index (χ0) is 53.0. The highest BCUT2D eigenvalue weighted by Crippen LogP contribution is 2.24. The van der Waals surface area contributed by atoms with Gasteiger partial charge in [0.2, 0.25) is 0 Å². The molecule has 0 bridgehead atoms. The van der Waals surface area contributed by atoms with Gasteiger partial charge in [0.05, 0.1) is 44.3 Å². The molecule has 12 heteroatoms. The molecule has 0 spiro atoms. The Labute approximate surface area is 437 Å². The quantitative estimate of drug-likeness (QED) is 0.147. The summed E-state index contributed by atoms with van der Waals surface area (Å²) in [4.78, 5) is 70.7. The third kappa shape index (κ3) is 10.6. The van der Waals surface area contributed by atoms with Crippen LogP contribution in [0.4, 0.5) is 0 Å². The number of benzene rings is 8. The Hall–Kier alpha value is -10.2.